The zero-order valence-corrected chi connectivity index (χ0v) is 14.6. The number of furan rings is 1. The summed E-state index contributed by atoms with van der Waals surface area (Å²) in [5.41, 5.74) is 8.93. The van der Waals surface area contributed by atoms with Gasteiger partial charge in [-0.3, -0.25) is 9.59 Å². The van der Waals surface area contributed by atoms with Gasteiger partial charge in [0, 0.05) is 18.7 Å². The Morgan fingerprint density at radius 3 is 2.88 bits per heavy atom. The molecule has 25 heavy (non-hydrogen) atoms. The molecule has 0 fully saturated rings. The maximum absolute atomic E-state index is 12.1. The van der Waals surface area contributed by atoms with Crippen LogP contribution in [0.1, 0.15) is 47.0 Å². The van der Waals surface area contributed by atoms with E-state index in [2.05, 4.69) is 10.6 Å². The van der Waals surface area contributed by atoms with E-state index in [1.807, 2.05) is 18.2 Å². The van der Waals surface area contributed by atoms with Crippen LogP contribution in [0.5, 0.6) is 0 Å². The summed E-state index contributed by atoms with van der Waals surface area (Å²) in [5.74, 6) is -0.148. The van der Waals surface area contributed by atoms with Crippen molar-refractivity contribution in [2.24, 2.45) is 0 Å². The van der Waals surface area contributed by atoms with Crippen LogP contribution in [0.3, 0.4) is 0 Å². The van der Waals surface area contributed by atoms with Crippen molar-refractivity contribution in [3.63, 3.8) is 0 Å². The Kier molecular flexibility index (Phi) is 6.47. The number of nitrogens with two attached hydrogens (primary N) is 1. The molecule has 0 saturated carbocycles. The summed E-state index contributed by atoms with van der Waals surface area (Å²) in [4.78, 5) is 23.9. The van der Waals surface area contributed by atoms with Crippen LogP contribution in [-0.4, -0.2) is 18.4 Å². The second-order valence-corrected chi connectivity index (χ2v) is 5.95. The summed E-state index contributed by atoms with van der Waals surface area (Å²) >= 11 is 0. The number of hydrogen-bond acceptors (Lipinski definition) is 4. The third kappa shape index (κ3) is 4.76. The summed E-state index contributed by atoms with van der Waals surface area (Å²) in [6.45, 7) is 0.271. The smallest absolute Gasteiger partial charge is 0.286 e. The van der Waals surface area contributed by atoms with Crippen LogP contribution in [0.4, 0.5) is 5.69 Å². The summed E-state index contributed by atoms with van der Waals surface area (Å²) < 4.78 is 5.00. The number of halogens is 1. The van der Waals surface area contributed by atoms with E-state index in [-0.39, 0.29) is 49.0 Å². The van der Waals surface area contributed by atoms with Crippen LogP contribution in [0.25, 0.3) is 0 Å². The van der Waals surface area contributed by atoms with Crippen molar-refractivity contribution >= 4 is 29.9 Å². The molecular formula is C18H22ClN3O3. The minimum Gasteiger partial charge on any atom is -0.459 e. The van der Waals surface area contributed by atoms with Crippen LogP contribution in [0, 0.1) is 0 Å². The first-order valence-electron chi connectivity index (χ1n) is 8.13. The van der Waals surface area contributed by atoms with Gasteiger partial charge in [-0.15, -0.1) is 12.4 Å². The molecular weight excluding hydrogens is 342 g/mol. The fourth-order valence-corrected chi connectivity index (χ4v) is 3.04. The number of carbonyl (C=O) groups excluding carboxylic acids is 2. The molecule has 6 nitrogen and oxygen atoms in total. The lowest BCUT2D eigenvalue weighted by Crippen LogP contribution is -2.34. The van der Waals surface area contributed by atoms with Gasteiger partial charge in [0.15, 0.2) is 5.76 Å². The molecule has 1 aliphatic rings. The van der Waals surface area contributed by atoms with Gasteiger partial charge >= 0.3 is 0 Å². The van der Waals surface area contributed by atoms with Crippen molar-refractivity contribution < 1.29 is 14.0 Å². The van der Waals surface area contributed by atoms with Crippen molar-refractivity contribution in [2.45, 2.75) is 31.7 Å². The largest absolute Gasteiger partial charge is 0.459 e. The average molecular weight is 364 g/mol. The fraction of sp³-hybridized carbons (Fsp3) is 0.333. The number of benzene rings is 1. The van der Waals surface area contributed by atoms with Gasteiger partial charge in [-0.25, -0.2) is 0 Å². The van der Waals surface area contributed by atoms with Crippen molar-refractivity contribution in [3.8, 4) is 0 Å². The Morgan fingerprint density at radius 1 is 1.28 bits per heavy atom. The first-order valence-corrected chi connectivity index (χ1v) is 8.13. The fourth-order valence-electron chi connectivity index (χ4n) is 3.04. The van der Waals surface area contributed by atoms with Gasteiger partial charge in [0.25, 0.3) is 5.91 Å². The van der Waals surface area contributed by atoms with Gasteiger partial charge in [-0.05, 0) is 54.7 Å². The predicted octanol–water partition coefficient (Wildman–Crippen LogP) is 2.60. The van der Waals surface area contributed by atoms with Gasteiger partial charge in [-0.2, -0.15) is 0 Å². The topological polar surface area (TPSA) is 97.4 Å². The van der Waals surface area contributed by atoms with Crippen molar-refractivity contribution in [3.05, 3.63) is 53.5 Å². The molecule has 2 amide bonds. The predicted molar refractivity (Wildman–Crippen MR) is 97.6 cm³/mol. The van der Waals surface area contributed by atoms with Crippen molar-refractivity contribution in [2.75, 3.05) is 12.3 Å². The minimum absolute atomic E-state index is 0. The molecule has 0 spiro atoms. The first-order chi connectivity index (χ1) is 11.6. The standard InChI is InChI=1S/C18H21N3O3.ClH/c19-13-6-7-14-12(11-13)3-1-4-15(14)21-17(22)8-9-20-18(23)16-5-2-10-24-16;/h2,5-7,10-11,15H,1,3-4,8-9,19H2,(H,20,23)(H,21,22);1H. The van der Waals surface area contributed by atoms with Crippen LogP contribution < -0.4 is 16.4 Å². The number of aryl methyl sites for hydroxylation is 1. The Bertz CT molecular complexity index is 731. The normalized spacial score (nSPS) is 15.6. The summed E-state index contributed by atoms with van der Waals surface area (Å²) in [7, 11) is 0. The van der Waals surface area contributed by atoms with Gasteiger partial charge in [0.2, 0.25) is 5.91 Å². The second-order valence-electron chi connectivity index (χ2n) is 5.95. The van der Waals surface area contributed by atoms with Gasteiger partial charge in [0.05, 0.1) is 12.3 Å². The van der Waals surface area contributed by atoms with E-state index in [0.29, 0.717) is 0 Å². The third-order valence-corrected chi connectivity index (χ3v) is 4.20. The van der Waals surface area contributed by atoms with Crippen LogP contribution in [-0.2, 0) is 11.2 Å². The van der Waals surface area contributed by atoms with E-state index in [0.717, 1.165) is 30.5 Å². The number of nitrogen functional groups attached to an aromatic ring is 1. The molecule has 1 aliphatic carbocycles. The lowest BCUT2D eigenvalue weighted by atomic mass is 9.87. The number of fused-ring (bicyclic) bond motifs is 1. The van der Waals surface area contributed by atoms with E-state index in [1.165, 1.54) is 11.8 Å². The Hall–Kier alpha value is -2.47. The Balaban J connectivity index is 0.00000225. The van der Waals surface area contributed by atoms with Crippen LogP contribution >= 0.6 is 12.4 Å². The van der Waals surface area contributed by atoms with Crippen molar-refractivity contribution in [1.29, 1.82) is 0 Å². The van der Waals surface area contributed by atoms with Gasteiger partial charge in [0.1, 0.15) is 0 Å². The molecule has 0 bridgehead atoms. The molecule has 4 N–H and O–H groups in total. The zero-order valence-electron chi connectivity index (χ0n) is 13.8. The second kappa shape index (κ2) is 8.58. The number of carbonyl (C=O) groups is 2. The van der Waals surface area contributed by atoms with E-state index in [1.54, 1.807) is 12.1 Å². The van der Waals surface area contributed by atoms with E-state index >= 15 is 0 Å². The van der Waals surface area contributed by atoms with E-state index in [9.17, 15) is 9.59 Å². The monoisotopic (exact) mass is 363 g/mol. The maximum Gasteiger partial charge on any atom is 0.286 e. The molecule has 1 aromatic carbocycles. The molecule has 1 aromatic heterocycles. The van der Waals surface area contributed by atoms with Crippen LogP contribution in [0.2, 0.25) is 0 Å². The molecule has 7 heteroatoms. The summed E-state index contributed by atoms with van der Waals surface area (Å²) in [5, 5.41) is 5.72. The number of amides is 2. The number of rotatable bonds is 5. The maximum atomic E-state index is 12.1. The van der Waals surface area contributed by atoms with Crippen molar-refractivity contribution in [1.82, 2.24) is 10.6 Å². The number of hydrogen-bond donors (Lipinski definition) is 3. The molecule has 134 valence electrons. The molecule has 1 unspecified atom stereocenters. The molecule has 3 rings (SSSR count). The third-order valence-electron chi connectivity index (χ3n) is 4.20. The van der Waals surface area contributed by atoms with Gasteiger partial charge in [-0.1, -0.05) is 6.07 Å². The Morgan fingerprint density at radius 2 is 2.12 bits per heavy atom. The molecule has 0 saturated heterocycles. The minimum atomic E-state index is -0.314. The highest BCUT2D eigenvalue weighted by Crippen LogP contribution is 2.30. The molecule has 1 heterocycles. The lowest BCUT2D eigenvalue weighted by molar-refractivity contribution is -0.121. The number of nitrogens with one attached hydrogen (secondary N) is 2. The molecule has 0 radical (unpaired) electrons. The Labute approximate surface area is 152 Å². The van der Waals surface area contributed by atoms with Gasteiger partial charge < -0.3 is 20.8 Å². The lowest BCUT2D eigenvalue weighted by Gasteiger charge is -2.26. The zero-order chi connectivity index (χ0) is 16.9. The SMILES string of the molecule is Cl.Nc1ccc2c(c1)CCCC2NC(=O)CCNC(=O)c1ccco1. The van der Waals surface area contributed by atoms with E-state index < -0.39 is 0 Å². The number of anilines is 1. The molecule has 1 atom stereocenters. The molecule has 0 aliphatic heterocycles. The first kappa shape index (κ1) is 18.9. The quantitative estimate of drug-likeness (QED) is 0.711. The van der Waals surface area contributed by atoms with Crippen LogP contribution in [0.15, 0.2) is 41.0 Å². The summed E-state index contributed by atoms with van der Waals surface area (Å²) in [6, 6.07) is 9.09. The highest BCUT2D eigenvalue weighted by molar-refractivity contribution is 5.91. The highest BCUT2D eigenvalue weighted by atomic mass is 35.5. The van der Waals surface area contributed by atoms with E-state index in [4.69, 9.17) is 10.2 Å². The highest BCUT2D eigenvalue weighted by Gasteiger charge is 2.21. The average Bonchev–Trinajstić information content (AvgIpc) is 3.09. The molecule has 2 aromatic rings. The summed E-state index contributed by atoms with van der Waals surface area (Å²) in [6.07, 6.45) is 4.60.